The van der Waals surface area contributed by atoms with Crippen LogP contribution in [0, 0.1) is 0 Å². The van der Waals surface area contributed by atoms with Gasteiger partial charge in [-0.3, -0.25) is 0 Å². The molecule has 1 aromatic carbocycles. The molecule has 0 unspecified atom stereocenters. The third kappa shape index (κ3) is 5.21. The van der Waals surface area contributed by atoms with Crippen LogP contribution in [0.5, 0.6) is 0 Å². The number of likely N-dealkylation sites (tertiary alicyclic amines) is 1. The minimum absolute atomic E-state index is 0.258. The Morgan fingerprint density at radius 2 is 1.70 bits per heavy atom. The third-order valence-corrected chi connectivity index (χ3v) is 4.60. The van der Waals surface area contributed by atoms with Gasteiger partial charge in [0.15, 0.2) is 0 Å². The van der Waals surface area contributed by atoms with Gasteiger partial charge in [-0.2, -0.15) is 0 Å². The minimum atomic E-state index is -0.805. The molecule has 0 aliphatic carbocycles. The average molecular weight is 384 g/mol. The summed E-state index contributed by atoms with van der Waals surface area (Å²) in [6.07, 6.45) is 2.55. The molecule has 1 N–H and O–H groups in total. The molecular formula is C18H26BrNO3. The monoisotopic (exact) mass is 383 g/mol. The van der Waals surface area contributed by atoms with Crippen molar-refractivity contribution in [3.8, 4) is 0 Å². The van der Waals surface area contributed by atoms with Crippen LogP contribution in [0.4, 0.5) is 4.79 Å². The molecule has 4 nitrogen and oxygen atoms in total. The molecule has 0 aromatic heterocycles. The smallest absolute Gasteiger partial charge is 0.410 e. The van der Waals surface area contributed by atoms with E-state index < -0.39 is 11.2 Å². The number of rotatable bonds is 1. The highest BCUT2D eigenvalue weighted by Gasteiger charge is 2.32. The second-order valence-corrected chi connectivity index (χ2v) is 8.13. The van der Waals surface area contributed by atoms with Crippen LogP contribution in [0.1, 0.15) is 52.0 Å². The van der Waals surface area contributed by atoms with Crippen LogP contribution >= 0.6 is 15.9 Å². The van der Waals surface area contributed by atoms with Crippen LogP contribution in [0.3, 0.4) is 0 Å². The molecule has 1 heterocycles. The second kappa shape index (κ2) is 7.22. The lowest BCUT2D eigenvalue weighted by atomic mass is 9.84. The number of nitrogens with zero attached hydrogens (tertiary/aromatic N) is 1. The Balaban J connectivity index is 1.99. The van der Waals surface area contributed by atoms with Crippen LogP contribution in [-0.2, 0) is 10.3 Å². The van der Waals surface area contributed by atoms with Crippen LogP contribution < -0.4 is 0 Å². The van der Waals surface area contributed by atoms with Crippen molar-refractivity contribution in [2.45, 2.75) is 57.7 Å². The van der Waals surface area contributed by atoms with Gasteiger partial charge in [0.25, 0.3) is 0 Å². The lowest BCUT2D eigenvalue weighted by Gasteiger charge is -2.35. The predicted octanol–water partition coefficient (Wildman–Crippen LogP) is 4.45. The Labute approximate surface area is 147 Å². The number of hydrogen-bond acceptors (Lipinski definition) is 3. The fourth-order valence-corrected chi connectivity index (χ4v) is 3.18. The van der Waals surface area contributed by atoms with E-state index in [9.17, 15) is 9.90 Å². The Morgan fingerprint density at radius 3 is 2.17 bits per heavy atom. The summed E-state index contributed by atoms with van der Waals surface area (Å²) < 4.78 is 6.45. The lowest BCUT2D eigenvalue weighted by Crippen LogP contribution is -2.41. The summed E-state index contributed by atoms with van der Waals surface area (Å²) in [5.74, 6) is 0. The molecule has 1 aromatic rings. The molecule has 0 atom stereocenters. The van der Waals surface area contributed by atoms with E-state index in [-0.39, 0.29) is 6.09 Å². The highest BCUT2D eigenvalue weighted by molar-refractivity contribution is 9.10. The van der Waals surface area contributed by atoms with Crippen LogP contribution in [0.2, 0.25) is 0 Å². The fourth-order valence-electron chi connectivity index (χ4n) is 2.92. The summed E-state index contributed by atoms with van der Waals surface area (Å²) in [6.45, 7) is 6.87. The Hall–Kier alpha value is -1.07. The number of aliphatic hydroxyl groups is 1. The highest BCUT2D eigenvalue weighted by Crippen LogP contribution is 2.34. The van der Waals surface area contributed by atoms with Gasteiger partial charge in [0.05, 0.1) is 5.60 Å². The standard InChI is InChI=1S/C18H26BrNO3/c1-17(2,3)23-16(21)20-12-4-10-18(22,11-5-13-20)14-6-8-15(19)9-7-14/h6-9,22H,4-5,10-13H2,1-3H3. The average Bonchev–Trinajstić information content (AvgIpc) is 2.41. The molecule has 1 aliphatic rings. The molecule has 5 heteroatoms. The van der Waals surface area contributed by atoms with E-state index >= 15 is 0 Å². The summed E-state index contributed by atoms with van der Waals surface area (Å²) >= 11 is 3.42. The van der Waals surface area contributed by atoms with Gasteiger partial charge in [0.1, 0.15) is 5.60 Å². The van der Waals surface area contributed by atoms with E-state index in [1.54, 1.807) is 4.90 Å². The summed E-state index contributed by atoms with van der Waals surface area (Å²) in [7, 11) is 0. The van der Waals surface area contributed by atoms with E-state index in [0.717, 1.165) is 22.9 Å². The van der Waals surface area contributed by atoms with Crippen LogP contribution in [-0.4, -0.2) is 34.8 Å². The Morgan fingerprint density at radius 1 is 1.17 bits per heavy atom. The van der Waals surface area contributed by atoms with Gasteiger partial charge in [0, 0.05) is 17.6 Å². The molecule has 23 heavy (non-hydrogen) atoms. The third-order valence-electron chi connectivity index (χ3n) is 4.07. The normalized spacial score (nSPS) is 18.9. The van der Waals surface area contributed by atoms with Crippen molar-refractivity contribution in [2.24, 2.45) is 0 Å². The molecular weight excluding hydrogens is 358 g/mol. The first-order valence-electron chi connectivity index (χ1n) is 8.16. The first kappa shape index (κ1) is 18.3. The lowest BCUT2D eigenvalue weighted by molar-refractivity contribution is -0.00843. The van der Waals surface area contributed by atoms with Crippen LogP contribution in [0.15, 0.2) is 28.7 Å². The van der Waals surface area contributed by atoms with E-state index in [2.05, 4.69) is 15.9 Å². The van der Waals surface area contributed by atoms with Gasteiger partial charge in [-0.05, 0) is 64.2 Å². The summed E-state index contributed by atoms with van der Waals surface area (Å²) in [5.41, 5.74) is -0.329. The van der Waals surface area contributed by atoms with Crippen molar-refractivity contribution in [3.63, 3.8) is 0 Å². The highest BCUT2D eigenvalue weighted by atomic mass is 79.9. The number of carbonyl (C=O) groups is 1. The molecule has 0 radical (unpaired) electrons. The maximum atomic E-state index is 12.2. The number of carbonyl (C=O) groups excluding carboxylic acids is 1. The summed E-state index contributed by atoms with van der Waals surface area (Å²) in [5, 5.41) is 11.0. The molecule has 1 saturated heterocycles. The molecule has 2 rings (SSSR count). The topological polar surface area (TPSA) is 49.8 Å². The first-order chi connectivity index (χ1) is 10.7. The van der Waals surface area contributed by atoms with Crippen LogP contribution in [0.25, 0.3) is 0 Å². The van der Waals surface area contributed by atoms with Gasteiger partial charge in [-0.25, -0.2) is 4.79 Å². The first-order valence-corrected chi connectivity index (χ1v) is 8.95. The van der Waals surface area contributed by atoms with Crippen molar-refractivity contribution >= 4 is 22.0 Å². The van der Waals surface area contributed by atoms with Gasteiger partial charge < -0.3 is 14.7 Å². The summed E-state index contributed by atoms with van der Waals surface area (Å²) in [4.78, 5) is 13.9. The Kier molecular flexibility index (Phi) is 5.74. The largest absolute Gasteiger partial charge is 0.444 e. The van der Waals surface area contributed by atoms with Crippen molar-refractivity contribution < 1.29 is 14.6 Å². The molecule has 128 valence electrons. The number of benzene rings is 1. The van der Waals surface area contributed by atoms with Gasteiger partial charge in [-0.1, -0.05) is 28.1 Å². The van der Waals surface area contributed by atoms with Gasteiger partial charge in [0.2, 0.25) is 0 Å². The minimum Gasteiger partial charge on any atom is -0.444 e. The zero-order valence-corrected chi connectivity index (χ0v) is 15.7. The molecule has 1 aliphatic heterocycles. The maximum Gasteiger partial charge on any atom is 0.410 e. The van der Waals surface area contributed by atoms with Gasteiger partial charge >= 0.3 is 6.09 Å². The molecule has 0 saturated carbocycles. The van der Waals surface area contributed by atoms with Crippen molar-refractivity contribution in [1.82, 2.24) is 4.90 Å². The van der Waals surface area contributed by atoms with E-state index in [0.29, 0.717) is 25.9 Å². The maximum absolute atomic E-state index is 12.2. The van der Waals surface area contributed by atoms with Crippen molar-refractivity contribution in [1.29, 1.82) is 0 Å². The fraction of sp³-hybridized carbons (Fsp3) is 0.611. The van der Waals surface area contributed by atoms with Crippen molar-refractivity contribution in [3.05, 3.63) is 34.3 Å². The SMILES string of the molecule is CC(C)(C)OC(=O)N1CCCC(O)(c2ccc(Br)cc2)CCC1. The second-order valence-electron chi connectivity index (χ2n) is 7.21. The zero-order chi connectivity index (χ0) is 17.1. The zero-order valence-electron chi connectivity index (χ0n) is 14.1. The molecule has 1 amide bonds. The van der Waals surface area contributed by atoms with Crippen molar-refractivity contribution in [2.75, 3.05) is 13.1 Å². The number of ether oxygens (including phenoxy) is 1. The molecule has 1 fully saturated rings. The number of amides is 1. The number of halogens is 1. The predicted molar refractivity (Wildman–Crippen MR) is 94.3 cm³/mol. The Bertz CT molecular complexity index is 526. The summed E-state index contributed by atoms with van der Waals surface area (Å²) in [6, 6.07) is 7.85. The van der Waals surface area contributed by atoms with E-state index in [1.807, 2.05) is 45.0 Å². The number of hydrogen-bond donors (Lipinski definition) is 1. The molecule has 0 spiro atoms. The van der Waals surface area contributed by atoms with E-state index in [1.165, 1.54) is 0 Å². The molecule has 0 bridgehead atoms. The quantitative estimate of drug-likeness (QED) is 0.779. The van der Waals surface area contributed by atoms with Gasteiger partial charge in [-0.15, -0.1) is 0 Å². The van der Waals surface area contributed by atoms with E-state index in [4.69, 9.17) is 4.74 Å².